The van der Waals surface area contributed by atoms with Crippen LogP contribution in [-0.4, -0.2) is 60.6 Å². The maximum atomic E-state index is 12.7. The van der Waals surface area contributed by atoms with Crippen LogP contribution in [0.3, 0.4) is 0 Å². The molecule has 0 atom stereocenters. The highest BCUT2D eigenvalue weighted by Gasteiger charge is 2.20. The number of guanidine groups is 1. The lowest BCUT2D eigenvalue weighted by molar-refractivity contribution is 0.0950. The third-order valence-electron chi connectivity index (χ3n) is 8.21. The highest BCUT2D eigenvalue weighted by molar-refractivity contribution is 6.08. The van der Waals surface area contributed by atoms with Crippen molar-refractivity contribution in [3.63, 3.8) is 0 Å². The smallest absolute Gasteiger partial charge is 0.414 e. The van der Waals surface area contributed by atoms with E-state index in [1.807, 2.05) is 66.7 Å². The first-order valence-corrected chi connectivity index (χ1v) is 15.3. The van der Waals surface area contributed by atoms with Crippen molar-refractivity contribution < 1.29 is 18.7 Å². The SMILES string of the molecule is N#Cc1ccc2[nH]cc(CCCCN3CCN(c4ccc5oc(C(=O)NC(=N)NC(=O)OCc6ccccc6)cc5c4)CC3)c2c1. The van der Waals surface area contributed by atoms with Gasteiger partial charge in [0.1, 0.15) is 12.2 Å². The van der Waals surface area contributed by atoms with Crippen molar-refractivity contribution in [2.24, 2.45) is 0 Å². The highest BCUT2D eigenvalue weighted by Crippen LogP contribution is 2.26. The van der Waals surface area contributed by atoms with E-state index < -0.39 is 18.0 Å². The number of hydrogen-bond acceptors (Lipinski definition) is 8. The van der Waals surface area contributed by atoms with Gasteiger partial charge in [-0.25, -0.2) is 4.79 Å². The second-order valence-electron chi connectivity index (χ2n) is 11.3. The summed E-state index contributed by atoms with van der Waals surface area (Å²) in [4.78, 5) is 32.8. The Balaban J connectivity index is 0.942. The van der Waals surface area contributed by atoms with E-state index in [0.717, 1.165) is 79.5 Å². The summed E-state index contributed by atoms with van der Waals surface area (Å²) in [6.07, 6.45) is 4.40. The minimum atomic E-state index is -0.843. The number of nitrogens with one attached hydrogen (secondary N) is 4. The summed E-state index contributed by atoms with van der Waals surface area (Å²) in [5.74, 6) is -1.11. The number of furan rings is 1. The Bertz CT molecular complexity index is 1900. The maximum Gasteiger partial charge on any atom is 0.414 e. The molecule has 3 aromatic carbocycles. The Morgan fingerprint density at radius 1 is 0.978 bits per heavy atom. The molecular formula is C35H35N7O4. The number of benzene rings is 3. The van der Waals surface area contributed by atoms with E-state index in [2.05, 4.69) is 37.7 Å². The van der Waals surface area contributed by atoms with Crippen molar-refractivity contribution >= 4 is 45.5 Å². The molecule has 1 aliphatic rings. The average molecular weight is 618 g/mol. The summed E-state index contributed by atoms with van der Waals surface area (Å²) >= 11 is 0. The molecule has 11 nitrogen and oxygen atoms in total. The summed E-state index contributed by atoms with van der Waals surface area (Å²) in [5, 5.41) is 23.6. The Morgan fingerprint density at radius 2 is 1.80 bits per heavy atom. The van der Waals surface area contributed by atoms with Crippen LogP contribution in [0.4, 0.5) is 10.5 Å². The first-order chi connectivity index (χ1) is 22.4. The quantitative estimate of drug-likeness (QED) is 0.0966. The summed E-state index contributed by atoms with van der Waals surface area (Å²) in [6, 6.07) is 24.7. The molecule has 4 N–H and O–H groups in total. The fraction of sp³-hybridized carbons (Fsp3) is 0.257. The van der Waals surface area contributed by atoms with Crippen LogP contribution in [0.15, 0.2) is 83.4 Å². The van der Waals surface area contributed by atoms with Crippen molar-refractivity contribution in [1.29, 1.82) is 10.7 Å². The lowest BCUT2D eigenvalue weighted by Crippen LogP contribution is -2.46. The monoisotopic (exact) mass is 617 g/mol. The Labute approximate surface area is 266 Å². The van der Waals surface area contributed by atoms with Crippen LogP contribution in [0.2, 0.25) is 0 Å². The summed E-state index contributed by atoms with van der Waals surface area (Å²) in [6.45, 7) is 4.84. The molecule has 0 radical (unpaired) electrons. The fourth-order valence-electron chi connectivity index (χ4n) is 5.74. The van der Waals surface area contributed by atoms with Crippen molar-refractivity contribution in [2.45, 2.75) is 25.9 Å². The molecule has 0 spiro atoms. The normalized spacial score (nSPS) is 13.4. The van der Waals surface area contributed by atoms with Gasteiger partial charge in [-0.05, 0) is 79.4 Å². The average Bonchev–Trinajstić information content (AvgIpc) is 3.70. The number of aromatic nitrogens is 1. The van der Waals surface area contributed by atoms with Crippen molar-refractivity contribution in [2.75, 3.05) is 37.6 Å². The van der Waals surface area contributed by atoms with E-state index in [1.165, 1.54) is 5.56 Å². The lowest BCUT2D eigenvalue weighted by atomic mass is 10.1. The fourth-order valence-corrected chi connectivity index (χ4v) is 5.74. The number of carbonyl (C=O) groups excluding carboxylic acids is 2. The van der Waals surface area contributed by atoms with E-state index in [-0.39, 0.29) is 12.4 Å². The number of H-pyrrole nitrogens is 1. The molecule has 11 heteroatoms. The number of rotatable bonds is 9. The number of alkyl carbamates (subject to hydrolysis) is 1. The van der Waals surface area contributed by atoms with Crippen LogP contribution in [0.25, 0.3) is 21.9 Å². The predicted octanol–water partition coefficient (Wildman–Crippen LogP) is 5.52. The van der Waals surface area contributed by atoms with Crippen molar-refractivity contribution in [1.82, 2.24) is 20.5 Å². The van der Waals surface area contributed by atoms with E-state index in [9.17, 15) is 14.9 Å². The molecule has 0 aliphatic carbocycles. The van der Waals surface area contributed by atoms with Crippen molar-refractivity contribution in [3.05, 3.63) is 101 Å². The number of aryl methyl sites for hydroxylation is 1. The molecule has 2 aromatic heterocycles. The number of nitriles is 1. The van der Waals surface area contributed by atoms with Crippen LogP contribution < -0.4 is 15.5 Å². The number of amides is 2. The molecule has 0 bridgehead atoms. The van der Waals surface area contributed by atoms with Gasteiger partial charge in [0.15, 0.2) is 5.76 Å². The number of hydrogen-bond donors (Lipinski definition) is 4. The molecule has 0 unspecified atom stereocenters. The number of piperazine rings is 1. The van der Waals surface area contributed by atoms with E-state index in [4.69, 9.17) is 14.6 Å². The van der Waals surface area contributed by atoms with Crippen LogP contribution in [0.5, 0.6) is 0 Å². The lowest BCUT2D eigenvalue weighted by Gasteiger charge is -2.36. The third kappa shape index (κ3) is 7.36. The number of anilines is 1. The molecule has 6 rings (SSSR count). The first-order valence-electron chi connectivity index (χ1n) is 15.3. The van der Waals surface area contributed by atoms with Gasteiger partial charge in [0.2, 0.25) is 5.96 Å². The zero-order valence-corrected chi connectivity index (χ0v) is 25.3. The van der Waals surface area contributed by atoms with Gasteiger partial charge in [0.05, 0.1) is 11.6 Å². The Hall–Kier alpha value is -5.60. The molecule has 0 saturated carbocycles. The van der Waals surface area contributed by atoms with E-state index in [1.54, 1.807) is 6.07 Å². The molecular weight excluding hydrogens is 582 g/mol. The van der Waals surface area contributed by atoms with Gasteiger partial charge < -0.3 is 19.0 Å². The Kier molecular flexibility index (Phi) is 9.27. The maximum absolute atomic E-state index is 12.7. The molecule has 2 amide bonds. The minimum Gasteiger partial charge on any atom is -0.451 e. The van der Waals surface area contributed by atoms with Crippen molar-refractivity contribution in [3.8, 4) is 6.07 Å². The van der Waals surface area contributed by atoms with Crippen LogP contribution in [0.1, 0.15) is 40.1 Å². The zero-order valence-electron chi connectivity index (χ0n) is 25.3. The largest absolute Gasteiger partial charge is 0.451 e. The van der Waals surface area contributed by atoms with Gasteiger partial charge in [-0.15, -0.1) is 0 Å². The van der Waals surface area contributed by atoms with Gasteiger partial charge in [0, 0.05) is 54.4 Å². The van der Waals surface area contributed by atoms with Gasteiger partial charge in [0.25, 0.3) is 5.91 Å². The van der Waals surface area contributed by atoms with Crippen LogP contribution in [-0.2, 0) is 17.8 Å². The second kappa shape index (κ2) is 14.0. The second-order valence-corrected chi connectivity index (χ2v) is 11.3. The summed E-state index contributed by atoms with van der Waals surface area (Å²) in [5.41, 5.74) is 5.46. The molecule has 3 heterocycles. The first kappa shape index (κ1) is 30.4. The summed E-state index contributed by atoms with van der Waals surface area (Å²) < 4.78 is 10.8. The third-order valence-corrected chi connectivity index (χ3v) is 8.21. The number of fused-ring (bicyclic) bond motifs is 2. The van der Waals surface area contributed by atoms with E-state index in [0.29, 0.717) is 11.1 Å². The molecule has 5 aromatic rings. The molecule has 1 saturated heterocycles. The minimum absolute atomic E-state index is 0.0410. The molecule has 1 aliphatic heterocycles. The highest BCUT2D eigenvalue weighted by atomic mass is 16.5. The number of unbranched alkanes of at least 4 members (excludes halogenated alkanes) is 1. The number of ether oxygens (including phenoxy) is 1. The number of nitrogens with zero attached hydrogens (tertiary/aromatic N) is 3. The van der Waals surface area contributed by atoms with Gasteiger partial charge in [-0.2, -0.15) is 5.26 Å². The Morgan fingerprint density at radius 3 is 2.61 bits per heavy atom. The summed E-state index contributed by atoms with van der Waals surface area (Å²) in [7, 11) is 0. The van der Waals surface area contributed by atoms with Gasteiger partial charge in [-0.3, -0.25) is 25.7 Å². The number of aromatic amines is 1. The molecule has 46 heavy (non-hydrogen) atoms. The molecule has 1 fully saturated rings. The zero-order chi connectivity index (χ0) is 31.9. The van der Waals surface area contributed by atoms with Crippen LogP contribution >= 0.6 is 0 Å². The topological polar surface area (TPSA) is 150 Å². The van der Waals surface area contributed by atoms with Crippen LogP contribution in [0, 0.1) is 16.7 Å². The predicted molar refractivity (Wildman–Crippen MR) is 176 cm³/mol. The standard InChI is InChI=1S/C35H35N7O4/c36-21-25-9-11-30-29(18-25)26(22-38-30)8-4-5-13-41-14-16-42(17-15-41)28-10-12-31-27(19-28)20-32(46-31)33(43)39-34(37)40-35(44)45-23-24-6-2-1-3-7-24/h1-3,6-7,9-12,18-20,22,38H,4-5,8,13-17,23H2,(H3,37,39,40,43,44). The molecule has 234 valence electrons. The van der Waals surface area contributed by atoms with Gasteiger partial charge in [-0.1, -0.05) is 30.3 Å². The number of carbonyl (C=O) groups is 2. The van der Waals surface area contributed by atoms with Gasteiger partial charge >= 0.3 is 6.09 Å². The van der Waals surface area contributed by atoms with E-state index >= 15 is 0 Å².